The summed E-state index contributed by atoms with van der Waals surface area (Å²) in [7, 11) is -2.56. The number of aromatic nitrogens is 1. The highest BCUT2D eigenvalue weighted by Gasteiger charge is 2.17. The maximum absolute atomic E-state index is 11.7. The van der Waals surface area contributed by atoms with Crippen molar-refractivity contribution >= 4 is 21.0 Å². The number of hydrogen-bond acceptors (Lipinski definition) is 4. The molecule has 1 aromatic carbocycles. The summed E-state index contributed by atoms with van der Waals surface area (Å²) in [6.07, 6.45) is 0. The number of fused-ring (bicyclic) bond motifs is 1. The lowest BCUT2D eigenvalue weighted by atomic mass is 10.2. The Labute approximate surface area is 94.0 Å². The van der Waals surface area contributed by atoms with E-state index in [0.29, 0.717) is 5.52 Å². The van der Waals surface area contributed by atoms with Gasteiger partial charge >= 0.3 is 0 Å². The molecule has 1 aromatic heterocycles. The Morgan fingerprint density at radius 3 is 2.62 bits per heavy atom. The molecule has 0 amide bonds. The Balaban J connectivity index is 2.85. The summed E-state index contributed by atoms with van der Waals surface area (Å²) in [5.41, 5.74) is 1.22. The third kappa shape index (κ3) is 1.79. The first-order chi connectivity index (χ1) is 7.54. The van der Waals surface area contributed by atoms with E-state index < -0.39 is 10.1 Å². The van der Waals surface area contributed by atoms with E-state index in [0.717, 1.165) is 18.2 Å². The molecule has 0 aliphatic carbocycles. The molecular formula is C11H11NO3S. The zero-order valence-corrected chi connectivity index (χ0v) is 9.78. The smallest absolute Gasteiger partial charge is 0.270 e. The number of aryl methyl sites for hydroxylation is 1. The predicted molar refractivity (Wildman–Crippen MR) is 60.7 cm³/mol. The average molecular weight is 237 g/mol. The van der Waals surface area contributed by atoms with Gasteiger partial charge in [0.15, 0.2) is 0 Å². The monoisotopic (exact) mass is 237 g/mol. The number of para-hydroxylation sites is 1. The van der Waals surface area contributed by atoms with Crippen LogP contribution in [-0.2, 0) is 14.3 Å². The van der Waals surface area contributed by atoms with Crippen LogP contribution in [0.5, 0.6) is 0 Å². The van der Waals surface area contributed by atoms with Gasteiger partial charge in [-0.1, -0.05) is 18.2 Å². The van der Waals surface area contributed by atoms with E-state index in [1.807, 2.05) is 25.1 Å². The first-order valence-electron chi connectivity index (χ1n) is 4.71. The molecule has 0 unspecified atom stereocenters. The van der Waals surface area contributed by atoms with Gasteiger partial charge in [-0.25, -0.2) is 0 Å². The minimum absolute atomic E-state index is 0.108. The quantitative estimate of drug-likeness (QED) is 0.748. The van der Waals surface area contributed by atoms with Crippen molar-refractivity contribution in [3.05, 3.63) is 36.0 Å². The van der Waals surface area contributed by atoms with Gasteiger partial charge in [0.25, 0.3) is 10.1 Å². The molecular weight excluding hydrogens is 226 g/mol. The third-order valence-electron chi connectivity index (χ3n) is 2.31. The van der Waals surface area contributed by atoms with E-state index in [-0.39, 0.29) is 4.90 Å². The zero-order chi connectivity index (χ0) is 11.8. The first-order valence-corrected chi connectivity index (χ1v) is 6.12. The summed E-state index contributed by atoms with van der Waals surface area (Å²) in [5, 5.41) is 0.781. The van der Waals surface area contributed by atoms with E-state index in [1.165, 1.54) is 6.07 Å². The van der Waals surface area contributed by atoms with E-state index in [9.17, 15) is 8.42 Å². The number of rotatable bonds is 2. The Kier molecular flexibility index (Phi) is 2.65. The zero-order valence-electron chi connectivity index (χ0n) is 8.97. The minimum atomic E-state index is -3.70. The van der Waals surface area contributed by atoms with Gasteiger partial charge in [0.2, 0.25) is 0 Å². The van der Waals surface area contributed by atoms with Crippen LogP contribution in [0.2, 0.25) is 0 Å². The van der Waals surface area contributed by atoms with Crippen LogP contribution in [0, 0.1) is 6.92 Å². The van der Waals surface area contributed by atoms with Crippen LogP contribution in [-0.4, -0.2) is 20.5 Å². The summed E-state index contributed by atoms with van der Waals surface area (Å²) in [6, 6.07) is 8.66. The van der Waals surface area contributed by atoms with Crippen LogP contribution < -0.4 is 0 Å². The van der Waals surface area contributed by atoms with E-state index in [4.69, 9.17) is 0 Å². The molecule has 4 nitrogen and oxygen atoms in total. The van der Waals surface area contributed by atoms with E-state index in [2.05, 4.69) is 9.17 Å². The number of hydrogen-bond donors (Lipinski definition) is 0. The molecule has 2 rings (SSSR count). The van der Waals surface area contributed by atoms with Crippen LogP contribution in [0.1, 0.15) is 5.69 Å². The number of benzene rings is 1. The molecule has 0 saturated heterocycles. The molecule has 0 atom stereocenters. The van der Waals surface area contributed by atoms with Crippen LogP contribution in [0.15, 0.2) is 35.2 Å². The fourth-order valence-electron chi connectivity index (χ4n) is 1.51. The van der Waals surface area contributed by atoms with Crippen molar-refractivity contribution < 1.29 is 12.6 Å². The molecule has 0 saturated carbocycles. The van der Waals surface area contributed by atoms with Gasteiger partial charge in [-0.3, -0.25) is 9.17 Å². The Hall–Kier alpha value is -1.46. The standard InChI is InChI=1S/C11H11NO3S/c1-8-6-7-9-4-3-5-10(11(9)12-8)16(13,14)15-2/h3-7H,1-2H3. The largest absolute Gasteiger partial charge is 0.298 e. The van der Waals surface area contributed by atoms with Crippen molar-refractivity contribution in [2.45, 2.75) is 11.8 Å². The average Bonchev–Trinajstić information content (AvgIpc) is 2.28. The summed E-state index contributed by atoms with van der Waals surface area (Å²) < 4.78 is 27.8. The van der Waals surface area contributed by atoms with Crippen molar-refractivity contribution in [3.63, 3.8) is 0 Å². The topological polar surface area (TPSA) is 56.3 Å². The molecule has 0 aliphatic heterocycles. The molecule has 0 aliphatic rings. The Morgan fingerprint density at radius 1 is 1.19 bits per heavy atom. The number of nitrogens with zero attached hydrogens (tertiary/aromatic N) is 1. The van der Waals surface area contributed by atoms with Gasteiger partial charge in [-0.2, -0.15) is 8.42 Å². The van der Waals surface area contributed by atoms with Gasteiger partial charge in [0.1, 0.15) is 4.90 Å². The lowest BCUT2D eigenvalue weighted by molar-refractivity contribution is 0.398. The molecule has 2 aromatic rings. The van der Waals surface area contributed by atoms with Gasteiger partial charge in [-0.15, -0.1) is 0 Å². The van der Waals surface area contributed by atoms with Crippen molar-refractivity contribution in [2.75, 3.05) is 7.11 Å². The second-order valence-corrected chi connectivity index (χ2v) is 5.08. The van der Waals surface area contributed by atoms with Gasteiger partial charge in [0, 0.05) is 11.1 Å². The summed E-state index contributed by atoms with van der Waals surface area (Å²) in [6.45, 7) is 1.82. The summed E-state index contributed by atoms with van der Waals surface area (Å²) in [4.78, 5) is 4.34. The molecule has 0 spiro atoms. The maximum Gasteiger partial charge on any atom is 0.298 e. The predicted octanol–water partition coefficient (Wildman–Crippen LogP) is 1.88. The highest BCUT2D eigenvalue weighted by molar-refractivity contribution is 7.87. The highest BCUT2D eigenvalue weighted by Crippen LogP contribution is 2.22. The van der Waals surface area contributed by atoms with Gasteiger partial charge < -0.3 is 0 Å². The molecule has 0 N–H and O–H groups in total. The fourth-order valence-corrected chi connectivity index (χ4v) is 2.33. The van der Waals surface area contributed by atoms with Crippen molar-refractivity contribution in [3.8, 4) is 0 Å². The second kappa shape index (κ2) is 3.84. The third-order valence-corrected chi connectivity index (χ3v) is 3.62. The van der Waals surface area contributed by atoms with E-state index in [1.54, 1.807) is 6.07 Å². The normalized spacial score (nSPS) is 11.9. The maximum atomic E-state index is 11.7. The molecule has 5 heteroatoms. The molecule has 0 fully saturated rings. The van der Waals surface area contributed by atoms with Crippen molar-refractivity contribution in [2.24, 2.45) is 0 Å². The van der Waals surface area contributed by atoms with Gasteiger partial charge in [0.05, 0.1) is 12.6 Å². The van der Waals surface area contributed by atoms with Crippen LogP contribution in [0.4, 0.5) is 0 Å². The van der Waals surface area contributed by atoms with Crippen LogP contribution in [0.3, 0.4) is 0 Å². The lowest BCUT2D eigenvalue weighted by Crippen LogP contribution is -2.04. The lowest BCUT2D eigenvalue weighted by Gasteiger charge is -2.05. The first kappa shape index (κ1) is 11.0. The molecule has 16 heavy (non-hydrogen) atoms. The SMILES string of the molecule is COS(=O)(=O)c1cccc2ccc(C)nc12. The van der Waals surface area contributed by atoms with Crippen LogP contribution in [0.25, 0.3) is 10.9 Å². The van der Waals surface area contributed by atoms with Crippen LogP contribution >= 0.6 is 0 Å². The highest BCUT2D eigenvalue weighted by atomic mass is 32.2. The molecule has 1 heterocycles. The fraction of sp³-hybridized carbons (Fsp3) is 0.182. The number of pyridine rings is 1. The summed E-state index contributed by atoms with van der Waals surface area (Å²) in [5.74, 6) is 0. The second-order valence-electron chi connectivity index (χ2n) is 3.40. The Morgan fingerprint density at radius 2 is 1.94 bits per heavy atom. The Bertz CT molecular complexity index is 635. The molecule has 0 bridgehead atoms. The molecule has 84 valence electrons. The minimum Gasteiger partial charge on any atom is -0.270 e. The van der Waals surface area contributed by atoms with E-state index >= 15 is 0 Å². The van der Waals surface area contributed by atoms with Crippen molar-refractivity contribution in [1.82, 2.24) is 4.98 Å². The van der Waals surface area contributed by atoms with Gasteiger partial charge in [-0.05, 0) is 19.1 Å². The molecule has 0 radical (unpaired) electrons. The summed E-state index contributed by atoms with van der Waals surface area (Å²) >= 11 is 0. The van der Waals surface area contributed by atoms with Crippen molar-refractivity contribution in [1.29, 1.82) is 0 Å².